The Morgan fingerprint density at radius 1 is 1.29 bits per heavy atom. The van der Waals surface area contributed by atoms with Gasteiger partial charge in [-0.05, 0) is 45.4 Å². The summed E-state index contributed by atoms with van der Waals surface area (Å²) in [7, 11) is 0. The molecule has 2 fully saturated rings. The zero-order chi connectivity index (χ0) is 12.4. The van der Waals surface area contributed by atoms with Crippen LogP contribution in [-0.2, 0) is 4.79 Å². The Balaban J connectivity index is 2.01. The first-order chi connectivity index (χ1) is 8.09. The Hall–Kier alpha value is -0.610. The number of nitrogens with two attached hydrogens (primary N) is 2. The minimum Gasteiger partial charge on any atom is -0.338 e. The molecule has 1 saturated heterocycles. The van der Waals surface area contributed by atoms with Gasteiger partial charge in [0.25, 0.3) is 0 Å². The third-order valence-corrected chi connectivity index (χ3v) is 4.26. The largest absolute Gasteiger partial charge is 0.338 e. The van der Waals surface area contributed by atoms with Crippen LogP contribution in [0.1, 0.15) is 45.4 Å². The van der Waals surface area contributed by atoms with Crippen molar-refractivity contribution in [3.63, 3.8) is 0 Å². The quantitative estimate of drug-likeness (QED) is 0.750. The molecule has 4 nitrogen and oxygen atoms in total. The van der Waals surface area contributed by atoms with E-state index in [2.05, 4.69) is 0 Å². The van der Waals surface area contributed by atoms with E-state index in [9.17, 15) is 4.79 Å². The minimum atomic E-state index is 0.0781. The summed E-state index contributed by atoms with van der Waals surface area (Å²) in [6.07, 6.45) is 6.19. The van der Waals surface area contributed by atoms with E-state index in [0.29, 0.717) is 5.91 Å². The van der Waals surface area contributed by atoms with E-state index >= 15 is 0 Å². The van der Waals surface area contributed by atoms with Crippen molar-refractivity contribution in [1.29, 1.82) is 0 Å². The zero-order valence-electron chi connectivity index (χ0n) is 10.8. The highest BCUT2D eigenvalue weighted by molar-refractivity contribution is 5.79. The number of likely N-dealkylation sites (tertiary alicyclic amines) is 1. The number of piperidine rings is 1. The molecule has 0 bridgehead atoms. The smallest absolute Gasteiger partial charge is 0.226 e. The lowest BCUT2D eigenvalue weighted by atomic mass is 9.94. The number of rotatable bonds is 2. The van der Waals surface area contributed by atoms with Crippen molar-refractivity contribution in [2.75, 3.05) is 6.54 Å². The van der Waals surface area contributed by atoms with E-state index in [0.717, 1.165) is 38.6 Å². The maximum Gasteiger partial charge on any atom is 0.226 e. The number of amides is 1. The molecule has 0 spiro atoms. The topological polar surface area (TPSA) is 72.3 Å². The van der Waals surface area contributed by atoms with Gasteiger partial charge in [0.2, 0.25) is 5.91 Å². The van der Waals surface area contributed by atoms with Crippen LogP contribution in [0.3, 0.4) is 0 Å². The summed E-state index contributed by atoms with van der Waals surface area (Å²) in [5, 5.41) is 0. The van der Waals surface area contributed by atoms with Gasteiger partial charge in [0.1, 0.15) is 0 Å². The first-order valence-corrected chi connectivity index (χ1v) is 6.91. The second-order valence-electron chi connectivity index (χ2n) is 5.72. The molecule has 2 rings (SSSR count). The maximum absolute atomic E-state index is 12.5. The second kappa shape index (κ2) is 5.36. The van der Waals surface area contributed by atoms with Crippen LogP contribution in [0, 0.1) is 5.92 Å². The van der Waals surface area contributed by atoms with Gasteiger partial charge in [0, 0.05) is 30.6 Å². The second-order valence-corrected chi connectivity index (χ2v) is 5.72. The van der Waals surface area contributed by atoms with Crippen molar-refractivity contribution < 1.29 is 4.79 Å². The highest BCUT2D eigenvalue weighted by atomic mass is 16.2. The van der Waals surface area contributed by atoms with E-state index in [-0.39, 0.29) is 24.0 Å². The zero-order valence-corrected chi connectivity index (χ0v) is 10.8. The summed E-state index contributed by atoms with van der Waals surface area (Å²) in [4.78, 5) is 14.5. The molecule has 1 amide bonds. The number of nitrogens with zero attached hydrogens (tertiary/aromatic N) is 1. The molecule has 1 heterocycles. The van der Waals surface area contributed by atoms with Crippen LogP contribution in [-0.4, -0.2) is 35.5 Å². The standard InChI is InChI=1S/C13H25N3O/c1-9(14)12-4-2-3-7-16(12)13(17)10-5-6-11(15)8-10/h9-12H,2-8,14-15H2,1H3. The van der Waals surface area contributed by atoms with Crippen molar-refractivity contribution >= 4 is 5.91 Å². The summed E-state index contributed by atoms with van der Waals surface area (Å²) in [6.45, 7) is 2.90. The average Bonchev–Trinajstić information content (AvgIpc) is 2.75. The fraction of sp³-hybridized carbons (Fsp3) is 0.923. The molecule has 2 aliphatic rings. The molecule has 1 saturated carbocycles. The lowest BCUT2D eigenvalue weighted by Crippen LogP contribution is -2.53. The summed E-state index contributed by atoms with van der Waals surface area (Å²) >= 11 is 0. The van der Waals surface area contributed by atoms with Crippen LogP contribution < -0.4 is 11.5 Å². The van der Waals surface area contributed by atoms with E-state index in [1.807, 2.05) is 11.8 Å². The van der Waals surface area contributed by atoms with Gasteiger partial charge in [0.05, 0.1) is 0 Å². The van der Waals surface area contributed by atoms with Crippen molar-refractivity contribution in [1.82, 2.24) is 4.90 Å². The molecular weight excluding hydrogens is 214 g/mol. The molecule has 0 aromatic carbocycles. The van der Waals surface area contributed by atoms with Gasteiger partial charge in [-0.25, -0.2) is 0 Å². The average molecular weight is 239 g/mol. The Morgan fingerprint density at radius 2 is 2.06 bits per heavy atom. The summed E-state index contributed by atoms with van der Waals surface area (Å²) < 4.78 is 0. The van der Waals surface area contributed by atoms with Crippen LogP contribution in [0.25, 0.3) is 0 Å². The Kier molecular flexibility index (Phi) is 4.05. The highest BCUT2D eigenvalue weighted by Crippen LogP contribution is 2.29. The van der Waals surface area contributed by atoms with Crippen LogP contribution in [0.4, 0.5) is 0 Å². The molecule has 1 aliphatic carbocycles. The van der Waals surface area contributed by atoms with Gasteiger partial charge >= 0.3 is 0 Å². The molecule has 0 aromatic rings. The molecule has 4 N–H and O–H groups in total. The number of hydrogen-bond donors (Lipinski definition) is 2. The predicted molar refractivity (Wildman–Crippen MR) is 68.3 cm³/mol. The molecule has 0 radical (unpaired) electrons. The molecule has 17 heavy (non-hydrogen) atoms. The van der Waals surface area contributed by atoms with Crippen molar-refractivity contribution in [3.05, 3.63) is 0 Å². The lowest BCUT2D eigenvalue weighted by Gasteiger charge is -2.39. The van der Waals surface area contributed by atoms with Gasteiger partial charge in [-0.1, -0.05) is 0 Å². The molecule has 4 atom stereocenters. The minimum absolute atomic E-state index is 0.0781. The molecular formula is C13H25N3O. The van der Waals surface area contributed by atoms with Gasteiger partial charge < -0.3 is 16.4 Å². The van der Waals surface area contributed by atoms with E-state index in [1.165, 1.54) is 6.42 Å². The third-order valence-electron chi connectivity index (χ3n) is 4.26. The van der Waals surface area contributed by atoms with Crippen molar-refractivity contribution in [2.45, 2.75) is 63.6 Å². The highest BCUT2D eigenvalue weighted by Gasteiger charge is 2.36. The van der Waals surface area contributed by atoms with Gasteiger partial charge in [-0.15, -0.1) is 0 Å². The molecule has 4 heteroatoms. The molecule has 4 unspecified atom stereocenters. The Morgan fingerprint density at radius 3 is 2.65 bits per heavy atom. The number of carbonyl (C=O) groups excluding carboxylic acids is 1. The van der Waals surface area contributed by atoms with Gasteiger partial charge in [-0.3, -0.25) is 4.79 Å². The summed E-state index contributed by atoms with van der Waals surface area (Å²) in [5.41, 5.74) is 11.9. The van der Waals surface area contributed by atoms with Crippen LogP contribution >= 0.6 is 0 Å². The monoisotopic (exact) mass is 239 g/mol. The van der Waals surface area contributed by atoms with Gasteiger partial charge in [0.15, 0.2) is 0 Å². The van der Waals surface area contributed by atoms with Crippen molar-refractivity contribution in [2.24, 2.45) is 17.4 Å². The van der Waals surface area contributed by atoms with Crippen LogP contribution in [0.5, 0.6) is 0 Å². The third kappa shape index (κ3) is 2.80. The Bertz CT molecular complexity index is 280. The van der Waals surface area contributed by atoms with Crippen LogP contribution in [0.2, 0.25) is 0 Å². The van der Waals surface area contributed by atoms with Crippen LogP contribution in [0.15, 0.2) is 0 Å². The number of carbonyl (C=O) groups is 1. The van der Waals surface area contributed by atoms with E-state index < -0.39 is 0 Å². The predicted octanol–water partition coefficient (Wildman–Crippen LogP) is 0.842. The SMILES string of the molecule is CC(N)C1CCCCN1C(=O)C1CCC(N)C1. The first kappa shape index (κ1) is 12.8. The lowest BCUT2D eigenvalue weighted by molar-refractivity contribution is -0.139. The van der Waals surface area contributed by atoms with E-state index in [4.69, 9.17) is 11.5 Å². The van der Waals surface area contributed by atoms with Crippen molar-refractivity contribution in [3.8, 4) is 0 Å². The van der Waals surface area contributed by atoms with Gasteiger partial charge in [-0.2, -0.15) is 0 Å². The normalized spacial score (nSPS) is 35.9. The summed E-state index contributed by atoms with van der Waals surface area (Å²) in [5.74, 6) is 0.462. The molecule has 98 valence electrons. The summed E-state index contributed by atoms with van der Waals surface area (Å²) in [6, 6.07) is 0.546. The maximum atomic E-state index is 12.5. The fourth-order valence-electron chi connectivity index (χ4n) is 3.25. The fourth-order valence-corrected chi connectivity index (χ4v) is 3.25. The first-order valence-electron chi connectivity index (χ1n) is 6.91. The Labute approximate surface area is 104 Å². The molecule has 0 aromatic heterocycles. The number of hydrogen-bond acceptors (Lipinski definition) is 3. The van der Waals surface area contributed by atoms with E-state index in [1.54, 1.807) is 0 Å². The molecule has 1 aliphatic heterocycles.